The average molecular weight is 319 g/mol. The Morgan fingerprint density at radius 1 is 1.00 bits per heavy atom. The lowest BCUT2D eigenvalue weighted by atomic mass is 10.2. The Bertz CT molecular complexity index is 728. The molecule has 3 heterocycles. The summed E-state index contributed by atoms with van der Waals surface area (Å²) in [7, 11) is 0. The molecular formula is C14H13N3O6. The number of rotatable bonds is 3. The Kier molecular flexibility index (Phi) is 3.83. The van der Waals surface area contributed by atoms with Crippen molar-refractivity contribution in [2.45, 2.75) is 0 Å². The van der Waals surface area contributed by atoms with Gasteiger partial charge in [0, 0.05) is 26.2 Å². The van der Waals surface area contributed by atoms with Crippen molar-refractivity contribution in [1.29, 1.82) is 0 Å². The number of carbonyl (C=O) groups excluding carboxylic acids is 2. The summed E-state index contributed by atoms with van der Waals surface area (Å²) in [5.74, 6) is -0.951. The van der Waals surface area contributed by atoms with Crippen LogP contribution in [0.2, 0.25) is 0 Å². The summed E-state index contributed by atoms with van der Waals surface area (Å²) >= 11 is 0. The lowest BCUT2D eigenvalue weighted by Crippen LogP contribution is -2.50. The number of nitrogens with zero attached hydrogens (tertiary/aromatic N) is 3. The summed E-state index contributed by atoms with van der Waals surface area (Å²) in [5.41, 5.74) is 0. The molecule has 0 spiro atoms. The van der Waals surface area contributed by atoms with E-state index < -0.39 is 16.7 Å². The fraction of sp³-hybridized carbons (Fsp3) is 0.286. The highest BCUT2D eigenvalue weighted by atomic mass is 16.6. The molecule has 1 saturated heterocycles. The summed E-state index contributed by atoms with van der Waals surface area (Å²) in [6.07, 6.45) is 1.43. The summed E-state index contributed by atoms with van der Waals surface area (Å²) in [6.45, 7) is 1.35. The minimum atomic E-state index is -0.698. The van der Waals surface area contributed by atoms with Gasteiger partial charge in [-0.1, -0.05) is 0 Å². The second-order valence-electron chi connectivity index (χ2n) is 4.96. The summed E-state index contributed by atoms with van der Waals surface area (Å²) in [5, 5.41) is 10.6. The highest BCUT2D eigenvalue weighted by Crippen LogP contribution is 2.18. The normalized spacial score (nSPS) is 14.8. The van der Waals surface area contributed by atoms with Crippen LogP contribution in [-0.4, -0.2) is 52.7 Å². The van der Waals surface area contributed by atoms with E-state index in [4.69, 9.17) is 8.83 Å². The number of furan rings is 2. The molecule has 9 nitrogen and oxygen atoms in total. The van der Waals surface area contributed by atoms with E-state index >= 15 is 0 Å². The van der Waals surface area contributed by atoms with Crippen molar-refractivity contribution < 1.29 is 23.3 Å². The van der Waals surface area contributed by atoms with Crippen molar-refractivity contribution in [2.75, 3.05) is 26.2 Å². The van der Waals surface area contributed by atoms with Crippen molar-refractivity contribution in [3.8, 4) is 0 Å². The highest BCUT2D eigenvalue weighted by molar-refractivity contribution is 5.93. The largest absolute Gasteiger partial charge is 0.459 e. The van der Waals surface area contributed by atoms with Gasteiger partial charge < -0.3 is 18.6 Å². The standard InChI is InChI=1S/C14H13N3O6/c18-13(10-2-1-9-22-10)15-5-7-16(8-6-15)14(19)11-3-4-12(23-11)17(20)21/h1-4,9H,5-8H2. The molecule has 0 unspecified atom stereocenters. The van der Waals surface area contributed by atoms with Gasteiger partial charge in [-0.25, -0.2) is 0 Å². The van der Waals surface area contributed by atoms with Gasteiger partial charge in [0.15, 0.2) is 11.5 Å². The molecular weight excluding hydrogens is 306 g/mol. The number of nitro groups is 1. The minimum Gasteiger partial charge on any atom is -0.459 e. The van der Waals surface area contributed by atoms with Crippen LogP contribution in [0, 0.1) is 10.1 Å². The molecule has 0 atom stereocenters. The van der Waals surface area contributed by atoms with Crippen LogP contribution in [0.15, 0.2) is 39.4 Å². The first-order valence-electron chi connectivity index (χ1n) is 6.92. The van der Waals surface area contributed by atoms with Crippen molar-refractivity contribution in [1.82, 2.24) is 9.80 Å². The van der Waals surface area contributed by atoms with Crippen LogP contribution >= 0.6 is 0 Å². The van der Waals surface area contributed by atoms with Gasteiger partial charge in [0.25, 0.3) is 11.8 Å². The molecule has 1 fully saturated rings. The molecule has 0 radical (unpaired) electrons. The summed E-state index contributed by atoms with van der Waals surface area (Å²) in [6, 6.07) is 5.64. The van der Waals surface area contributed by atoms with E-state index in [1.165, 1.54) is 17.2 Å². The molecule has 120 valence electrons. The fourth-order valence-corrected chi connectivity index (χ4v) is 2.37. The molecule has 0 saturated carbocycles. The third-order valence-electron chi connectivity index (χ3n) is 3.57. The third-order valence-corrected chi connectivity index (χ3v) is 3.57. The van der Waals surface area contributed by atoms with Crippen molar-refractivity contribution >= 4 is 17.7 Å². The Morgan fingerprint density at radius 2 is 1.61 bits per heavy atom. The van der Waals surface area contributed by atoms with Gasteiger partial charge in [-0.15, -0.1) is 0 Å². The maximum atomic E-state index is 12.2. The molecule has 0 bridgehead atoms. The molecule has 2 amide bonds. The number of carbonyl (C=O) groups is 2. The van der Waals surface area contributed by atoms with E-state index in [9.17, 15) is 19.7 Å². The van der Waals surface area contributed by atoms with Crippen LogP contribution in [0.25, 0.3) is 0 Å². The van der Waals surface area contributed by atoms with Crippen LogP contribution < -0.4 is 0 Å². The summed E-state index contributed by atoms with van der Waals surface area (Å²) < 4.78 is 9.97. The third kappa shape index (κ3) is 2.93. The quantitative estimate of drug-likeness (QED) is 0.624. The Labute approximate surface area is 130 Å². The van der Waals surface area contributed by atoms with E-state index in [-0.39, 0.29) is 17.4 Å². The van der Waals surface area contributed by atoms with Crippen LogP contribution in [-0.2, 0) is 0 Å². The Balaban J connectivity index is 1.61. The van der Waals surface area contributed by atoms with Gasteiger partial charge in [-0.05, 0) is 18.2 Å². The zero-order valence-electron chi connectivity index (χ0n) is 12.0. The predicted octanol–water partition coefficient (Wildman–Crippen LogP) is 1.38. The van der Waals surface area contributed by atoms with Crippen LogP contribution in [0.5, 0.6) is 0 Å². The second-order valence-corrected chi connectivity index (χ2v) is 4.96. The van der Waals surface area contributed by atoms with E-state index in [1.807, 2.05) is 0 Å². The predicted molar refractivity (Wildman–Crippen MR) is 75.9 cm³/mol. The molecule has 3 rings (SSSR count). The molecule has 9 heteroatoms. The van der Waals surface area contributed by atoms with Gasteiger partial charge in [0.2, 0.25) is 0 Å². The zero-order chi connectivity index (χ0) is 16.4. The molecule has 0 aliphatic carbocycles. The minimum absolute atomic E-state index is 0.0810. The molecule has 23 heavy (non-hydrogen) atoms. The molecule has 2 aromatic heterocycles. The maximum Gasteiger partial charge on any atom is 0.433 e. The molecule has 1 aliphatic heterocycles. The molecule has 2 aromatic rings. The molecule has 0 N–H and O–H groups in total. The average Bonchev–Trinajstić information content (AvgIpc) is 3.25. The monoisotopic (exact) mass is 319 g/mol. The first-order chi connectivity index (χ1) is 11.1. The Hall–Kier alpha value is -3.10. The van der Waals surface area contributed by atoms with E-state index in [1.54, 1.807) is 17.0 Å². The molecule has 0 aromatic carbocycles. The first kappa shape index (κ1) is 14.8. The van der Waals surface area contributed by atoms with Crippen LogP contribution in [0.1, 0.15) is 21.1 Å². The maximum absolute atomic E-state index is 12.2. The van der Waals surface area contributed by atoms with Crippen LogP contribution in [0.3, 0.4) is 0 Å². The number of piperazine rings is 1. The Morgan fingerprint density at radius 3 is 2.09 bits per heavy atom. The lowest BCUT2D eigenvalue weighted by Gasteiger charge is -2.33. The van der Waals surface area contributed by atoms with Gasteiger partial charge in [-0.3, -0.25) is 19.7 Å². The van der Waals surface area contributed by atoms with Crippen molar-refractivity contribution in [3.05, 3.63) is 52.2 Å². The molecule has 1 aliphatic rings. The van der Waals surface area contributed by atoms with E-state index in [0.29, 0.717) is 26.2 Å². The van der Waals surface area contributed by atoms with Crippen LogP contribution in [0.4, 0.5) is 5.88 Å². The smallest absolute Gasteiger partial charge is 0.433 e. The lowest BCUT2D eigenvalue weighted by molar-refractivity contribution is -0.402. The fourth-order valence-electron chi connectivity index (χ4n) is 2.37. The topological polar surface area (TPSA) is 110 Å². The van der Waals surface area contributed by atoms with E-state index in [2.05, 4.69) is 0 Å². The number of hydrogen-bond donors (Lipinski definition) is 0. The van der Waals surface area contributed by atoms with Gasteiger partial charge in [0.05, 0.1) is 12.3 Å². The first-order valence-corrected chi connectivity index (χ1v) is 6.92. The SMILES string of the molecule is O=C(c1ccco1)N1CCN(C(=O)c2ccc([N+](=O)[O-])o2)CC1. The van der Waals surface area contributed by atoms with Crippen molar-refractivity contribution in [3.63, 3.8) is 0 Å². The number of hydrogen-bond acceptors (Lipinski definition) is 6. The van der Waals surface area contributed by atoms with Gasteiger partial charge in [-0.2, -0.15) is 0 Å². The van der Waals surface area contributed by atoms with Gasteiger partial charge in [0.1, 0.15) is 4.92 Å². The highest BCUT2D eigenvalue weighted by Gasteiger charge is 2.28. The van der Waals surface area contributed by atoms with Crippen molar-refractivity contribution in [2.24, 2.45) is 0 Å². The zero-order valence-corrected chi connectivity index (χ0v) is 12.0. The number of amides is 2. The summed E-state index contributed by atoms with van der Waals surface area (Å²) in [4.78, 5) is 37.3. The van der Waals surface area contributed by atoms with Gasteiger partial charge >= 0.3 is 5.88 Å². The second kappa shape index (κ2) is 5.95. The van der Waals surface area contributed by atoms with E-state index in [0.717, 1.165) is 6.07 Å².